The highest BCUT2D eigenvalue weighted by atomic mass is 32.1. The lowest BCUT2D eigenvalue weighted by Crippen LogP contribution is -2.13. The molecule has 0 saturated heterocycles. The van der Waals surface area contributed by atoms with E-state index in [1.165, 1.54) is 0 Å². The van der Waals surface area contributed by atoms with Crippen LogP contribution < -0.4 is 11.1 Å². The van der Waals surface area contributed by atoms with Gasteiger partial charge in [0.15, 0.2) is 0 Å². The SMILES string of the molecule is NC1CC1Nc1nc(C(F)(F)F)ns1. The highest BCUT2D eigenvalue weighted by Gasteiger charge is 2.38. The van der Waals surface area contributed by atoms with Crippen LogP contribution in [0.15, 0.2) is 0 Å². The Kier molecular flexibility index (Phi) is 2.11. The van der Waals surface area contributed by atoms with Gasteiger partial charge in [0.05, 0.1) is 0 Å². The molecule has 1 fully saturated rings. The van der Waals surface area contributed by atoms with Gasteiger partial charge in [0.2, 0.25) is 11.0 Å². The second-order valence-corrected chi connectivity index (χ2v) is 3.82. The zero-order valence-corrected chi connectivity index (χ0v) is 7.69. The van der Waals surface area contributed by atoms with E-state index < -0.39 is 12.0 Å². The zero-order valence-electron chi connectivity index (χ0n) is 6.88. The molecule has 3 N–H and O–H groups in total. The number of hydrogen-bond acceptors (Lipinski definition) is 5. The number of nitrogens with two attached hydrogens (primary N) is 1. The van der Waals surface area contributed by atoms with Gasteiger partial charge in [0, 0.05) is 23.6 Å². The lowest BCUT2D eigenvalue weighted by molar-refractivity contribution is -0.144. The Bertz CT molecular complexity index is 336. The number of hydrogen-bond donors (Lipinski definition) is 2. The number of halogens is 3. The maximum atomic E-state index is 12.1. The molecule has 2 atom stereocenters. The van der Waals surface area contributed by atoms with Crippen LogP contribution in [0, 0.1) is 0 Å². The van der Waals surface area contributed by atoms with Crippen molar-refractivity contribution < 1.29 is 13.2 Å². The molecule has 1 aromatic rings. The summed E-state index contributed by atoms with van der Waals surface area (Å²) in [5, 5.41) is 2.95. The standard InChI is InChI=1S/C6H7F3N4S/c7-6(8,9)4-12-5(14-13-4)11-3-1-2(3)10/h2-3H,1,10H2,(H,11,12,13). The van der Waals surface area contributed by atoms with Gasteiger partial charge < -0.3 is 11.1 Å². The molecule has 2 rings (SSSR count). The average Bonchev–Trinajstić information content (AvgIpc) is 2.60. The first kappa shape index (κ1) is 9.66. The minimum Gasteiger partial charge on any atom is -0.356 e. The van der Waals surface area contributed by atoms with E-state index in [4.69, 9.17) is 5.73 Å². The number of nitrogens with zero attached hydrogens (tertiary/aromatic N) is 2. The topological polar surface area (TPSA) is 63.8 Å². The third kappa shape index (κ3) is 1.95. The first-order valence-electron chi connectivity index (χ1n) is 3.90. The number of nitrogens with one attached hydrogen (secondary N) is 1. The van der Waals surface area contributed by atoms with E-state index in [9.17, 15) is 13.2 Å². The summed E-state index contributed by atoms with van der Waals surface area (Å²) in [5.74, 6) is -1.10. The van der Waals surface area contributed by atoms with Crippen molar-refractivity contribution in [1.29, 1.82) is 0 Å². The van der Waals surface area contributed by atoms with E-state index in [2.05, 4.69) is 14.7 Å². The van der Waals surface area contributed by atoms with Crippen molar-refractivity contribution in [3.05, 3.63) is 5.82 Å². The molecule has 78 valence electrons. The largest absolute Gasteiger partial charge is 0.452 e. The third-order valence-electron chi connectivity index (χ3n) is 1.83. The lowest BCUT2D eigenvalue weighted by atomic mass is 10.6. The predicted octanol–water partition coefficient (Wildman–Crippen LogP) is 1.07. The summed E-state index contributed by atoms with van der Waals surface area (Å²) in [7, 11) is 0. The van der Waals surface area contributed by atoms with Crippen LogP contribution in [0.1, 0.15) is 12.2 Å². The van der Waals surface area contributed by atoms with Gasteiger partial charge in [0.25, 0.3) is 0 Å². The summed E-state index contributed by atoms with van der Waals surface area (Å²) >= 11 is 0.699. The number of anilines is 1. The van der Waals surface area contributed by atoms with Crippen molar-refractivity contribution in [3.8, 4) is 0 Å². The first-order chi connectivity index (χ1) is 6.47. The molecular formula is C6H7F3N4S. The average molecular weight is 224 g/mol. The van der Waals surface area contributed by atoms with Crippen molar-refractivity contribution in [2.24, 2.45) is 5.73 Å². The summed E-state index contributed by atoms with van der Waals surface area (Å²) in [5.41, 5.74) is 5.48. The highest BCUT2D eigenvalue weighted by Crippen LogP contribution is 2.30. The maximum absolute atomic E-state index is 12.1. The predicted molar refractivity (Wildman–Crippen MR) is 44.9 cm³/mol. The number of aromatic nitrogens is 2. The second kappa shape index (κ2) is 3.06. The van der Waals surface area contributed by atoms with Crippen LogP contribution in [0.25, 0.3) is 0 Å². The monoisotopic (exact) mass is 224 g/mol. The van der Waals surface area contributed by atoms with Crippen molar-refractivity contribution in [1.82, 2.24) is 9.36 Å². The molecule has 0 amide bonds. The molecule has 0 radical (unpaired) electrons. The quantitative estimate of drug-likeness (QED) is 0.788. The van der Waals surface area contributed by atoms with Crippen LogP contribution >= 0.6 is 11.5 Å². The molecule has 2 unspecified atom stereocenters. The molecule has 8 heteroatoms. The van der Waals surface area contributed by atoms with Gasteiger partial charge in [-0.15, -0.1) is 0 Å². The van der Waals surface area contributed by atoms with Crippen molar-refractivity contribution >= 4 is 16.7 Å². The maximum Gasteiger partial charge on any atom is 0.452 e. The third-order valence-corrected chi connectivity index (χ3v) is 2.47. The Hall–Kier alpha value is -0.890. The summed E-state index contributed by atoms with van der Waals surface area (Å²) < 4.78 is 39.4. The molecule has 0 aliphatic heterocycles. The molecule has 1 heterocycles. The molecule has 1 saturated carbocycles. The molecule has 0 spiro atoms. The fourth-order valence-electron chi connectivity index (χ4n) is 0.936. The van der Waals surface area contributed by atoms with Crippen LogP contribution in [-0.4, -0.2) is 21.4 Å². The minimum atomic E-state index is -4.47. The van der Waals surface area contributed by atoms with E-state index in [1.54, 1.807) is 0 Å². The Morgan fingerprint density at radius 2 is 2.14 bits per heavy atom. The van der Waals surface area contributed by atoms with E-state index >= 15 is 0 Å². The lowest BCUT2D eigenvalue weighted by Gasteiger charge is -1.99. The van der Waals surface area contributed by atoms with Crippen LogP contribution in [0.5, 0.6) is 0 Å². The van der Waals surface area contributed by atoms with Gasteiger partial charge in [-0.3, -0.25) is 0 Å². The van der Waals surface area contributed by atoms with Gasteiger partial charge in [-0.2, -0.15) is 22.5 Å². The minimum absolute atomic E-state index is 0.0215. The Morgan fingerprint density at radius 1 is 1.50 bits per heavy atom. The highest BCUT2D eigenvalue weighted by molar-refractivity contribution is 7.09. The Balaban J connectivity index is 2.03. The van der Waals surface area contributed by atoms with Crippen molar-refractivity contribution in [2.45, 2.75) is 24.7 Å². The molecule has 0 aromatic carbocycles. The smallest absolute Gasteiger partial charge is 0.356 e. The molecule has 1 aliphatic carbocycles. The van der Waals surface area contributed by atoms with Gasteiger partial charge in [-0.1, -0.05) is 0 Å². The fraction of sp³-hybridized carbons (Fsp3) is 0.667. The Morgan fingerprint density at radius 3 is 2.57 bits per heavy atom. The van der Waals surface area contributed by atoms with Gasteiger partial charge >= 0.3 is 6.18 Å². The molecule has 14 heavy (non-hydrogen) atoms. The normalized spacial score (nSPS) is 26.3. The zero-order chi connectivity index (χ0) is 10.3. The van der Waals surface area contributed by atoms with Crippen LogP contribution in [0.4, 0.5) is 18.3 Å². The molecule has 1 aliphatic rings. The molecule has 4 nitrogen and oxygen atoms in total. The van der Waals surface area contributed by atoms with Crippen LogP contribution in [-0.2, 0) is 6.18 Å². The van der Waals surface area contributed by atoms with Crippen molar-refractivity contribution in [2.75, 3.05) is 5.32 Å². The molecule has 1 aromatic heterocycles. The summed E-state index contributed by atoms with van der Waals surface area (Å²) in [6.45, 7) is 0. The summed E-state index contributed by atoms with van der Waals surface area (Å²) in [4.78, 5) is 3.31. The fourth-order valence-corrected chi connectivity index (χ4v) is 1.59. The van der Waals surface area contributed by atoms with E-state index in [0.29, 0.717) is 11.5 Å². The van der Waals surface area contributed by atoms with Gasteiger partial charge in [0.1, 0.15) is 0 Å². The summed E-state index contributed by atoms with van der Waals surface area (Å²) in [6.07, 6.45) is -3.71. The molecular weight excluding hydrogens is 217 g/mol. The van der Waals surface area contributed by atoms with Gasteiger partial charge in [-0.25, -0.2) is 0 Å². The van der Waals surface area contributed by atoms with Crippen molar-refractivity contribution in [3.63, 3.8) is 0 Å². The van der Waals surface area contributed by atoms with E-state index in [0.717, 1.165) is 6.42 Å². The van der Waals surface area contributed by atoms with Gasteiger partial charge in [-0.05, 0) is 6.42 Å². The van der Waals surface area contributed by atoms with E-state index in [1.807, 2.05) is 0 Å². The van der Waals surface area contributed by atoms with E-state index in [-0.39, 0.29) is 17.2 Å². The number of rotatable bonds is 2. The van der Waals surface area contributed by atoms with Crippen LogP contribution in [0.2, 0.25) is 0 Å². The first-order valence-corrected chi connectivity index (χ1v) is 4.67. The second-order valence-electron chi connectivity index (χ2n) is 3.07. The van der Waals surface area contributed by atoms with Crippen LogP contribution in [0.3, 0.4) is 0 Å². The Labute approximate surface area is 81.5 Å². The number of alkyl halides is 3. The summed E-state index contributed by atoms with van der Waals surface area (Å²) in [6, 6.07) is 0.0669. The molecule has 0 bridgehead atoms.